The molecule has 0 aliphatic carbocycles. The largest absolute Gasteiger partial charge is 1.00 e. The van der Waals surface area contributed by atoms with Crippen LogP contribution < -0.4 is 23.6 Å². The first-order valence-corrected chi connectivity index (χ1v) is 2.29. The van der Waals surface area contributed by atoms with Gasteiger partial charge in [-0.3, -0.25) is 0 Å². The Morgan fingerprint density at radius 2 is 2.44 bits per heavy atom. The normalized spacial score (nSPS) is 7.67. The molecule has 0 saturated carbocycles. The molecule has 1 rings (SSSR count). The minimum absolute atomic E-state index is 0. The van der Waals surface area contributed by atoms with E-state index in [1.165, 1.54) is 0 Å². The summed E-state index contributed by atoms with van der Waals surface area (Å²) in [5.74, 6) is 0.604. The van der Waals surface area contributed by atoms with Gasteiger partial charge in [0.1, 0.15) is 0 Å². The zero-order valence-electron chi connectivity index (χ0n) is 5.59. The van der Waals surface area contributed by atoms with Crippen molar-refractivity contribution in [2.75, 3.05) is 7.11 Å². The molecule has 1 aromatic rings. The molecule has 1 aromatic heterocycles. The Labute approximate surface area is 66.4 Å². The van der Waals surface area contributed by atoms with Gasteiger partial charge in [0, 0.05) is 0 Å². The third kappa shape index (κ3) is 2.55. The predicted molar refractivity (Wildman–Crippen MR) is 29.6 cm³/mol. The van der Waals surface area contributed by atoms with Crippen molar-refractivity contribution >= 4 is 0 Å². The quantitative estimate of drug-likeness (QED) is 0.309. The van der Waals surface area contributed by atoms with Gasteiger partial charge in [0.2, 0.25) is 0 Å². The molecule has 0 aliphatic rings. The third-order valence-corrected chi connectivity index (χ3v) is 0.788. The van der Waals surface area contributed by atoms with Crippen LogP contribution in [0.2, 0.25) is 0 Å². The number of ether oxygens (including phenoxy) is 1. The summed E-state index contributed by atoms with van der Waals surface area (Å²) in [4.78, 5) is 3.84. The van der Waals surface area contributed by atoms with E-state index in [-0.39, 0.29) is 18.9 Å². The molecule has 42 valence electrons. The van der Waals surface area contributed by atoms with Crippen LogP contribution in [0.25, 0.3) is 0 Å². The van der Waals surface area contributed by atoms with E-state index in [2.05, 4.69) is 11.1 Å². The van der Waals surface area contributed by atoms with Gasteiger partial charge >= 0.3 is 18.9 Å². The van der Waals surface area contributed by atoms with Crippen molar-refractivity contribution < 1.29 is 23.6 Å². The Morgan fingerprint density at radius 1 is 1.67 bits per heavy atom. The SMILES string of the molecule is COc1c[c-]ccn1.[Li+]. The standard InChI is InChI=1S/C6H6NO.Li/c1-8-6-4-2-3-5-7-6;/h3-5H,1H3;/q-1;+1. The van der Waals surface area contributed by atoms with Crippen LogP contribution in [-0.4, -0.2) is 12.1 Å². The van der Waals surface area contributed by atoms with Gasteiger partial charge in [-0.05, 0) is 0 Å². The summed E-state index contributed by atoms with van der Waals surface area (Å²) in [6, 6.07) is 6.23. The fraction of sp³-hybridized carbons (Fsp3) is 0.167. The van der Waals surface area contributed by atoms with Crippen LogP contribution in [0.1, 0.15) is 0 Å². The van der Waals surface area contributed by atoms with Crippen molar-refractivity contribution in [1.82, 2.24) is 4.98 Å². The van der Waals surface area contributed by atoms with Crippen molar-refractivity contribution in [2.24, 2.45) is 0 Å². The number of pyridine rings is 1. The number of nitrogens with zero attached hydrogens (tertiary/aromatic N) is 1. The molecule has 0 atom stereocenters. The first-order valence-electron chi connectivity index (χ1n) is 2.29. The molecule has 0 spiro atoms. The van der Waals surface area contributed by atoms with E-state index in [1.807, 2.05) is 0 Å². The molecule has 1 heterocycles. The predicted octanol–water partition coefficient (Wildman–Crippen LogP) is -2.11. The molecular formula is C6H6LiNO. The molecule has 0 unspecified atom stereocenters. The summed E-state index contributed by atoms with van der Waals surface area (Å²) < 4.78 is 4.77. The van der Waals surface area contributed by atoms with E-state index >= 15 is 0 Å². The summed E-state index contributed by atoms with van der Waals surface area (Å²) in [6.07, 6.45) is 1.64. The Hall–Kier alpha value is -0.453. The number of hydrogen-bond acceptors (Lipinski definition) is 2. The number of aromatic nitrogens is 1. The van der Waals surface area contributed by atoms with Crippen LogP contribution in [0.15, 0.2) is 18.3 Å². The fourth-order valence-corrected chi connectivity index (χ4v) is 0.422. The monoisotopic (exact) mass is 115 g/mol. The molecule has 0 fully saturated rings. The molecule has 0 aromatic carbocycles. The molecule has 0 amide bonds. The summed E-state index contributed by atoms with van der Waals surface area (Å²) >= 11 is 0. The smallest absolute Gasteiger partial charge is 0.538 e. The van der Waals surface area contributed by atoms with Gasteiger partial charge in [0.15, 0.2) is 0 Å². The van der Waals surface area contributed by atoms with E-state index < -0.39 is 0 Å². The minimum atomic E-state index is 0. The van der Waals surface area contributed by atoms with Crippen LogP contribution in [0.5, 0.6) is 5.88 Å². The van der Waals surface area contributed by atoms with Crippen molar-refractivity contribution in [3.8, 4) is 5.88 Å². The topological polar surface area (TPSA) is 22.1 Å². The summed E-state index contributed by atoms with van der Waals surface area (Å²) in [6.45, 7) is 0. The Bertz CT molecular complexity index is 154. The summed E-state index contributed by atoms with van der Waals surface area (Å²) in [7, 11) is 1.58. The molecular weight excluding hydrogens is 109 g/mol. The van der Waals surface area contributed by atoms with E-state index in [9.17, 15) is 0 Å². The molecule has 9 heavy (non-hydrogen) atoms. The summed E-state index contributed by atoms with van der Waals surface area (Å²) in [5.41, 5.74) is 0. The third-order valence-electron chi connectivity index (χ3n) is 0.788. The second kappa shape index (κ2) is 4.43. The maximum Gasteiger partial charge on any atom is 1.00 e. The van der Waals surface area contributed by atoms with Crippen molar-refractivity contribution in [3.63, 3.8) is 0 Å². The molecule has 0 bridgehead atoms. The van der Waals surface area contributed by atoms with Gasteiger partial charge in [-0.15, -0.1) is 6.07 Å². The Kier molecular flexibility index (Phi) is 4.21. The molecule has 0 N–H and O–H groups in total. The van der Waals surface area contributed by atoms with Crippen molar-refractivity contribution in [2.45, 2.75) is 0 Å². The van der Waals surface area contributed by atoms with Crippen molar-refractivity contribution in [1.29, 1.82) is 0 Å². The zero-order chi connectivity index (χ0) is 5.82. The van der Waals surface area contributed by atoms with E-state index in [0.29, 0.717) is 5.88 Å². The van der Waals surface area contributed by atoms with Gasteiger partial charge in [0.25, 0.3) is 0 Å². The fourth-order valence-electron chi connectivity index (χ4n) is 0.422. The van der Waals surface area contributed by atoms with Crippen molar-refractivity contribution in [3.05, 3.63) is 24.4 Å². The van der Waals surface area contributed by atoms with E-state index in [0.717, 1.165) is 0 Å². The first-order chi connectivity index (χ1) is 3.93. The van der Waals surface area contributed by atoms with Gasteiger partial charge < -0.3 is 9.72 Å². The second-order valence-electron chi connectivity index (χ2n) is 1.30. The first kappa shape index (κ1) is 8.55. The Balaban J connectivity index is 0.000000640. The van der Waals surface area contributed by atoms with Gasteiger partial charge in [-0.25, -0.2) is 0 Å². The van der Waals surface area contributed by atoms with Gasteiger partial charge in [-0.1, -0.05) is 6.20 Å². The van der Waals surface area contributed by atoms with Gasteiger partial charge in [0.05, 0.1) is 13.0 Å². The van der Waals surface area contributed by atoms with Crippen LogP contribution >= 0.6 is 0 Å². The average Bonchev–Trinajstić information content (AvgIpc) is 1.90. The van der Waals surface area contributed by atoms with Gasteiger partial charge in [-0.2, -0.15) is 12.1 Å². The van der Waals surface area contributed by atoms with Crippen LogP contribution in [0, 0.1) is 6.07 Å². The number of hydrogen-bond donors (Lipinski definition) is 0. The van der Waals surface area contributed by atoms with Crippen LogP contribution in [0.3, 0.4) is 0 Å². The maximum absolute atomic E-state index is 4.77. The van der Waals surface area contributed by atoms with Crippen LogP contribution in [0.4, 0.5) is 0 Å². The Morgan fingerprint density at radius 3 is 2.78 bits per heavy atom. The number of methoxy groups -OCH3 is 1. The van der Waals surface area contributed by atoms with E-state index in [1.54, 1.807) is 25.4 Å². The molecule has 2 nitrogen and oxygen atoms in total. The molecule has 0 aliphatic heterocycles. The second-order valence-corrected chi connectivity index (χ2v) is 1.30. The molecule has 3 heteroatoms. The summed E-state index contributed by atoms with van der Waals surface area (Å²) in [5, 5.41) is 0. The minimum Gasteiger partial charge on any atom is -0.538 e. The van der Waals surface area contributed by atoms with Crippen LogP contribution in [-0.2, 0) is 0 Å². The number of rotatable bonds is 1. The van der Waals surface area contributed by atoms with E-state index in [4.69, 9.17) is 4.74 Å². The maximum atomic E-state index is 4.77. The molecule has 0 saturated heterocycles. The zero-order valence-corrected chi connectivity index (χ0v) is 5.59. The molecule has 0 radical (unpaired) electrons. The average molecular weight is 115 g/mol.